The first-order valence-corrected chi connectivity index (χ1v) is 6.10. The van der Waals surface area contributed by atoms with Crippen LogP contribution in [0.15, 0.2) is 18.5 Å². The Morgan fingerprint density at radius 3 is 2.89 bits per heavy atom. The fourth-order valence-electron chi connectivity index (χ4n) is 1.54. The van der Waals surface area contributed by atoms with Crippen LogP contribution in [0.5, 0.6) is 0 Å². The fourth-order valence-corrected chi connectivity index (χ4v) is 1.61. The second-order valence-corrected chi connectivity index (χ2v) is 4.04. The molecule has 0 bridgehead atoms. The highest BCUT2D eigenvalue weighted by atomic mass is 35.5. The van der Waals surface area contributed by atoms with Crippen LogP contribution < -0.4 is 10.6 Å². The average molecular weight is 281 g/mol. The number of alkyl halides is 1. The van der Waals surface area contributed by atoms with Crippen LogP contribution in [0.2, 0.25) is 0 Å². The molecule has 2 aromatic heterocycles. The summed E-state index contributed by atoms with van der Waals surface area (Å²) in [7, 11) is 1.76. The second-order valence-electron chi connectivity index (χ2n) is 3.78. The van der Waals surface area contributed by atoms with Crippen LogP contribution in [0.1, 0.15) is 5.69 Å². The number of hydrogen-bond acceptors (Lipinski definition) is 5. The molecule has 0 radical (unpaired) electrons. The van der Waals surface area contributed by atoms with Gasteiger partial charge in [0.25, 0.3) is 0 Å². The summed E-state index contributed by atoms with van der Waals surface area (Å²) >= 11 is 5.48. The Kier molecular flexibility index (Phi) is 3.96. The molecular formula is C11H13ClN6O. The van der Waals surface area contributed by atoms with E-state index in [4.69, 9.17) is 11.6 Å². The van der Waals surface area contributed by atoms with Gasteiger partial charge in [-0.3, -0.25) is 4.79 Å². The number of anilines is 2. The molecule has 2 rings (SSSR count). The molecule has 100 valence electrons. The van der Waals surface area contributed by atoms with Crippen LogP contribution >= 0.6 is 11.6 Å². The smallest absolute Gasteiger partial charge is 0.240 e. The molecule has 0 aromatic carbocycles. The highest BCUT2D eigenvalue weighted by molar-refractivity contribution is 6.29. The maximum atomic E-state index is 11.4. The Labute approximate surface area is 115 Å². The molecule has 0 aliphatic rings. The van der Waals surface area contributed by atoms with Crippen LogP contribution in [0.4, 0.5) is 11.6 Å². The number of aromatic nitrogens is 4. The van der Waals surface area contributed by atoms with Gasteiger partial charge in [0.2, 0.25) is 5.91 Å². The molecule has 0 saturated carbocycles. The highest BCUT2D eigenvalue weighted by Gasteiger charge is 2.11. The Morgan fingerprint density at radius 1 is 1.42 bits per heavy atom. The fraction of sp³-hybridized carbons (Fsp3) is 0.273. The van der Waals surface area contributed by atoms with Crippen LogP contribution in [0, 0.1) is 6.92 Å². The van der Waals surface area contributed by atoms with Gasteiger partial charge in [0.1, 0.15) is 23.8 Å². The normalized spacial score (nSPS) is 10.3. The van der Waals surface area contributed by atoms with Crippen LogP contribution in [-0.2, 0) is 4.79 Å². The summed E-state index contributed by atoms with van der Waals surface area (Å²) in [4.78, 5) is 19.5. The number of hydrogen-bond donors (Lipinski definition) is 2. The number of rotatable bonds is 4. The van der Waals surface area contributed by atoms with Crippen molar-refractivity contribution in [2.45, 2.75) is 6.92 Å². The predicted octanol–water partition coefficient (Wildman–Crippen LogP) is 1.19. The summed E-state index contributed by atoms with van der Waals surface area (Å²) in [5.41, 5.74) is 0.759. The zero-order valence-electron chi connectivity index (χ0n) is 10.5. The molecule has 0 spiro atoms. The Morgan fingerprint density at radius 2 is 2.21 bits per heavy atom. The molecule has 2 aromatic rings. The monoisotopic (exact) mass is 280 g/mol. The molecule has 2 N–H and O–H groups in total. The van der Waals surface area contributed by atoms with Crippen LogP contribution in [0.3, 0.4) is 0 Å². The summed E-state index contributed by atoms with van der Waals surface area (Å²) in [6.07, 6.45) is 1.42. The minimum absolute atomic E-state index is 0.115. The van der Waals surface area contributed by atoms with Gasteiger partial charge in [-0.25, -0.2) is 9.97 Å². The van der Waals surface area contributed by atoms with E-state index in [1.165, 1.54) is 11.0 Å². The van der Waals surface area contributed by atoms with Crippen molar-refractivity contribution in [3.05, 3.63) is 24.2 Å². The van der Waals surface area contributed by atoms with E-state index in [0.29, 0.717) is 17.5 Å². The molecule has 8 heteroatoms. The van der Waals surface area contributed by atoms with E-state index in [1.54, 1.807) is 19.2 Å². The van der Waals surface area contributed by atoms with Crippen molar-refractivity contribution in [1.29, 1.82) is 0 Å². The number of carbonyl (C=O) groups is 1. The third kappa shape index (κ3) is 3.00. The lowest BCUT2D eigenvalue weighted by Gasteiger charge is -2.07. The van der Waals surface area contributed by atoms with Gasteiger partial charge in [0.15, 0.2) is 5.82 Å². The molecule has 19 heavy (non-hydrogen) atoms. The van der Waals surface area contributed by atoms with Gasteiger partial charge in [-0.05, 0) is 6.92 Å². The Bertz CT molecular complexity index is 597. The topological polar surface area (TPSA) is 84.7 Å². The van der Waals surface area contributed by atoms with E-state index < -0.39 is 0 Å². The zero-order valence-corrected chi connectivity index (χ0v) is 11.3. The molecule has 0 aliphatic carbocycles. The van der Waals surface area contributed by atoms with Crippen LogP contribution in [-0.4, -0.2) is 38.6 Å². The Hall–Kier alpha value is -2.15. The largest absolute Gasteiger partial charge is 0.373 e. The quantitative estimate of drug-likeness (QED) is 0.822. The standard InChI is InChI=1S/C11H13ClN6O/c1-7-3-10(16-11(19)5-12)18(17-7)9-4-8(13-2)14-6-15-9/h3-4,6H,5H2,1-2H3,(H,16,19)(H,13,14,15). The van der Waals surface area contributed by atoms with Gasteiger partial charge in [-0.2, -0.15) is 9.78 Å². The van der Waals surface area contributed by atoms with Gasteiger partial charge < -0.3 is 10.6 Å². The summed E-state index contributed by atoms with van der Waals surface area (Å²) in [6, 6.07) is 3.47. The number of halogens is 1. The highest BCUT2D eigenvalue weighted by Crippen LogP contribution is 2.16. The lowest BCUT2D eigenvalue weighted by atomic mass is 10.4. The minimum Gasteiger partial charge on any atom is -0.373 e. The van der Waals surface area contributed by atoms with E-state index >= 15 is 0 Å². The molecule has 7 nitrogen and oxygen atoms in total. The van der Waals surface area contributed by atoms with Gasteiger partial charge >= 0.3 is 0 Å². The number of aryl methyl sites for hydroxylation is 1. The zero-order chi connectivity index (χ0) is 13.8. The third-order valence-electron chi connectivity index (χ3n) is 2.35. The van der Waals surface area contributed by atoms with E-state index in [2.05, 4.69) is 25.7 Å². The summed E-state index contributed by atoms with van der Waals surface area (Å²) < 4.78 is 1.53. The molecule has 0 saturated heterocycles. The summed E-state index contributed by atoms with van der Waals surface area (Å²) in [5, 5.41) is 9.86. The van der Waals surface area contributed by atoms with Crippen molar-refractivity contribution in [3.63, 3.8) is 0 Å². The van der Waals surface area contributed by atoms with E-state index in [0.717, 1.165) is 5.69 Å². The lowest BCUT2D eigenvalue weighted by Crippen LogP contribution is -2.16. The maximum absolute atomic E-state index is 11.4. The average Bonchev–Trinajstić information content (AvgIpc) is 2.79. The number of carbonyl (C=O) groups excluding carboxylic acids is 1. The second kappa shape index (κ2) is 5.66. The van der Waals surface area contributed by atoms with Gasteiger partial charge in [0, 0.05) is 19.2 Å². The van der Waals surface area contributed by atoms with Crippen molar-refractivity contribution in [2.24, 2.45) is 0 Å². The molecule has 0 unspecified atom stereocenters. The molecule has 0 fully saturated rings. The Balaban J connectivity index is 2.40. The van der Waals surface area contributed by atoms with E-state index in [-0.39, 0.29) is 11.8 Å². The van der Waals surface area contributed by atoms with Crippen molar-refractivity contribution >= 4 is 29.1 Å². The number of nitrogens with zero attached hydrogens (tertiary/aromatic N) is 4. The first-order valence-electron chi connectivity index (χ1n) is 5.56. The van der Waals surface area contributed by atoms with E-state index in [9.17, 15) is 4.79 Å². The number of amides is 1. The summed E-state index contributed by atoms with van der Waals surface area (Å²) in [5.74, 6) is 1.31. The third-order valence-corrected chi connectivity index (χ3v) is 2.59. The van der Waals surface area contributed by atoms with E-state index in [1.807, 2.05) is 6.92 Å². The lowest BCUT2D eigenvalue weighted by molar-refractivity contribution is -0.114. The van der Waals surface area contributed by atoms with Gasteiger partial charge in [-0.15, -0.1) is 11.6 Å². The maximum Gasteiger partial charge on any atom is 0.240 e. The van der Waals surface area contributed by atoms with Crippen LogP contribution in [0.25, 0.3) is 5.82 Å². The SMILES string of the molecule is CNc1cc(-n2nc(C)cc2NC(=O)CCl)ncn1. The van der Waals surface area contributed by atoms with Crippen molar-refractivity contribution in [3.8, 4) is 5.82 Å². The molecular weight excluding hydrogens is 268 g/mol. The molecule has 0 atom stereocenters. The van der Waals surface area contributed by atoms with Gasteiger partial charge in [0.05, 0.1) is 5.69 Å². The van der Waals surface area contributed by atoms with Crippen molar-refractivity contribution < 1.29 is 4.79 Å². The van der Waals surface area contributed by atoms with Crippen molar-refractivity contribution in [2.75, 3.05) is 23.6 Å². The molecule has 2 heterocycles. The van der Waals surface area contributed by atoms with Gasteiger partial charge in [-0.1, -0.05) is 0 Å². The van der Waals surface area contributed by atoms with Crippen molar-refractivity contribution in [1.82, 2.24) is 19.7 Å². The molecule has 0 aliphatic heterocycles. The first kappa shape index (κ1) is 13.3. The number of nitrogens with one attached hydrogen (secondary N) is 2. The minimum atomic E-state index is -0.300. The predicted molar refractivity (Wildman–Crippen MR) is 72.8 cm³/mol. The summed E-state index contributed by atoms with van der Waals surface area (Å²) in [6.45, 7) is 1.83. The first-order chi connectivity index (χ1) is 9.13. The molecule has 1 amide bonds.